The summed E-state index contributed by atoms with van der Waals surface area (Å²) >= 11 is 0. The van der Waals surface area contributed by atoms with E-state index in [0.29, 0.717) is 13.0 Å². The van der Waals surface area contributed by atoms with Crippen molar-refractivity contribution < 1.29 is 14.6 Å². The molecule has 1 atom stereocenters. The van der Waals surface area contributed by atoms with Crippen molar-refractivity contribution >= 4 is 5.91 Å². The molecular weight excluding hydrogens is 196 g/mol. The van der Waals surface area contributed by atoms with Crippen LogP contribution in [0.25, 0.3) is 0 Å². The van der Waals surface area contributed by atoms with Gasteiger partial charge in [0.1, 0.15) is 0 Å². The van der Waals surface area contributed by atoms with Crippen LogP contribution in [-0.4, -0.2) is 61.9 Å². The summed E-state index contributed by atoms with van der Waals surface area (Å²) in [5.41, 5.74) is 0. The molecule has 0 aromatic rings. The third-order valence-electron chi connectivity index (χ3n) is 2.58. The van der Waals surface area contributed by atoms with E-state index < -0.39 is 0 Å². The SMILES string of the molecule is CNC(=O)CCCN1CCOC(CO)C1. The molecule has 15 heavy (non-hydrogen) atoms. The fourth-order valence-electron chi connectivity index (χ4n) is 1.68. The van der Waals surface area contributed by atoms with Gasteiger partial charge in [-0.25, -0.2) is 0 Å². The summed E-state index contributed by atoms with van der Waals surface area (Å²) in [6, 6.07) is 0. The lowest BCUT2D eigenvalue weighted by Gasteiger charge is -2.31. The normalized spacial score (nSPS) is 22.7. The van der Waals surface area contributed by atoms with Gasteiger partial charge in [0.05, 0.1) is 19.3 Å². The molecule has 0 aromatic heterocycles. The largest absolute Gasteiger partial charge is 0.394 e. The Morgan fingerprint density at radius 1 is 1.67 bits per heavy atom. The number of rotatable bonds is 5. The number of nitrogens with zero attached hydrogens (tertiary/aromatic N) is 1. The van der Waals surface area contributed by atoms with E-state index in [9.17, 15) is 4.79 Å². The Labute approximate surface area is 90.4 Å². The highest BCUT2D eigenvalue weighted by molar-refractivity contribution is 5.75. The van der Waals surface area contributed by atoms with Crippen LogP contribution in [0.15, 0.2) is 0 Å². The van der Waals surface area contributed by atoms with Crippen LogP contribution in [0.2, 0.25) is 0 Å². The van der Waals surface area contributed by atoms with Crippen LogP contribution >= 0.6 is 0 Å². The van der Waals surface area contributed by atoms with Gasteiger partial charge in [-0.05, 0) is 13.0 Å². The summed E-state index contributed by atoms with van der Waals surface area (Å²) in [6.45, 7) is 3.30. The first-order chi connectivity index (χ1) is 7.26. The van der Waals surface area contributed by atoms with E-state index in [4.69, 9.17) is 9.84 Å². The van der Waals surface area contributed by atoms with Crippen molar-refractivity contribution in [2.75, 3.05) is 39.9 Å². The molecule has 1 aliphatic rings. The van der Waals surface area contributed by atoms with Crippen LogP contribution in [-0.2, 0) is 9.53 Å². The van der Waals surface area contributed by atoms with E-state index in [-0.39, 0.29) is 18.6 Å². The summed E-state index contributed by atoms with van der Waals surface area (Å²) < 4.78 is 5.33. The summed E-state index contributed by atoms with van der Waals surface area (Å²) in [5.74, 6) is 0.0852. The number of hydrogen-bond acceptors (Lipinski definition) is 4. The van der Waals surface area contributed by atoms with E-state index in [1.54, 1.807) is 7.05 Å². The summed E-state index contributed by atoms with van der Waals surface area (Å²) in [4.78, 5) is 13.2. The summed E-state index contributed by atoms with van der Waals surface area (Å²) in [7, 11) is 1.65. The third kappa shape index (κ3) is 4.59. The molecule has 0 aliphatic carbocycles. The number of hydrogen-bond donors (Lipinski definition) is 2. The molecule has 1 rings (SSSR count). The molecule has 0 radical (unpaired) electrons. The Kier molecular flexibility index (Phi) is 5.60. The van der Waals surface area contributed by atoms with Gasteiger partial charge >= 0.3 is 0 Å². The predicted molar refractivity (Wildman–Crippen MR) is 56.6 cm³/mol. The van der Waals surface area contributed by atoms with Gasteiger partial charge in [0.15, 0.2) is 0 Å². The van der Waals surface area contributed by atoms with Gasteiger partial charge in [-0.1, -0.05) is 0 Å². The lowest BCUT2D eigenvalue weighted by Crippen LogP contribution is -2.44. The van der Waals surface area contributed by atoms with Crippen molar-refractivity contribution in [2.24, 2.45) is 0 Å². The first-order valence-electron chi connectivity index (χ1n) is 5.41. The Morgan fingerprint density at radius 3 is 3.13 bits per heavy atom. The third-order valence-corrected chi connectivity index (χ3v) is 2.58. The molecule has 0 saturated carbocycles. The van der Waals surface area contributed by atoms with Gasteiger partial charge in [0.25, 0.3) is 0 Å². The monoisotopic (exact) mass is 216 g/mol. The zero-order chi connectivity index (χ0) is 11.1. The van der Waals surface area contributed by atoms with Gasteiger partial charge in [-0.2, -0.15) is 0 Å². The average Bonchev–Trinajstić information content (AvgIpc) is 2.29. The molecule has 1 fully saturated rings. The molecule has 0 spiro atoms. The highest BCUT2D eigenvalue weighted by Gasteiger charge is 2.18. The molecule has 5 nitrogen and oxygen atoms in total. The molecule has 5 heteroatoms. The lowest BCUT2D eigenvalue weighted by molar-refractivity contribution is -0.120. The second-order valence-corrected chi connectivity index (χ2v) is 3.75. The van der Waals surface area contributed by atoms with E-state index in [2.05, 4.69) is 10.2 Å². The number of carbonyl (C=O) groups excluding carboxylic acids is 1. The van der Waals surface area contributed by atoms with Crippen molar-refractivity contribution in [3.63, 3.8) is 0 Å². The van der Waals surface area contributed by atoms with Gasteiger partial charge in [-0.15, -0.1) is 0 Å². The van der Waals surface area contributed by atoms with Gasteiger partial charge < -0.3 is 15.2 Å². The predicted octanol–water partition coefficient (Wildman–Crippen LogP) is -0.794. The molecular formula is C10H20N2O3. The highest BCUT2D eigenvalue weighted by atomic mass is 16.5. The van der Waals surface area contributed by atoms with E-state index in [1.165, 1.54) is 0 Å². The minimum Gasteiger partial charge on any atom is -0.394 e. The minimum atomic E-state index is -0.0567. The van der Waals surface area contributed by atoms with Gasteiger partial charge in [0, 0.05) is 26.6 Å². The highest BCUT2D eigenvalue weighted by Crippen LogP contribution is 2.05. The first-order valence-corrected chi connectivity index (χ1v) is 5.41. The maximum absolute atomic E-state index is 11.0. The van der Waals surface area contributed by atoms with Crippen molar-refractivity contribution in [3.05, 3.63) is 0 Å². The number of ether oxygens (including phenoxy) is 1. The van der Waals surface area contributed by atoms with Crippen LogP contribution in [0.3, 0.4) is 0 Å². The molecule has 0 aromatic carbocycles. The fourth-order valence-corrected chi connectivity index (χ4v) is 1.68. The zero-order valence-electron chi connectivity index (χ0n) is 9.24. The molecule has 2 N–H and O–H groups in total. The maximum atomic E-state index is 11.0. The van der Waals surface area contributed by atoms with Crippen LogP contribution in [0.5, 0.6) is 0 Å². The molecule has 1 unspecified atom stereocenters. The Hall–Kier alpha value is -0.650. The van der Waals surface area contributed by atoms with Crippen LogP contribution in [0, 0.1) is 0 Å². The molecule has 1 amide bonds. The zero-order valence-corrected chi connectivity index (χ0v) is 9.24. The number of carbonyl (C=O) groups is 1. The number of amides is 1. The van der Waals surface area contributed by atoms with Gasteiger partial charge in [0.2, 0.25) is 5.91 Å². The van der Waals surface area contributed by atoms with Crippen molar-refractivity contribution in [1.29, 1.82) is 0 Å². The number of morpholine rings is 1. The smallest absolute Gasteiger partial charge is 0.219 e. The van der Waals surface area contributed by atoms with Gasteiger partial charge in [-0.3, -0.25) is 9.69 Å². The second-order valence-electron chi connectivity index (χ2n) is 3.75. The van der Waals surface area contributed by atoms with Crippen molar-refractivity contribution in [3.8, 4) is 0 Å². The average molecular weight is 216 g/mol. The quantitative estimate of drug-likeness (QED) is 0.632. The molecule has 0 bridgehead atoms. The number of aliphatic hydroxyl groups is 1. The summed E-state index contributed by atoms with van der Waals surface area (Å²) in [6.07, 6.45) is 1.37. The molecule has 1 saturated heterocycles. The molecule has 88 valence electrons. The van der Waals surface area contributed by atoms with Crippen LogP contribution < -0.4 is 5.32 Å². The first kappa shape index (κ1) is 12.4. The Balaban J connectivity index is 2.12. The fraction of sp³-hybridized carbons (Fsp3) is 0.900. The minimum absolute atomic E-state index is 0.0567. The standard InChI is InChI=1S/C10H20N2O3/c1-11-10(14)3-2-4-12-5-6-15-9(7-12)8-13/h9,13H,2-8H2,1H3,(H,11,14). The van der Waals surface area contributed by atoms with Crippen LogP contribution in [0.1, 0.15) is 12.8 Å². The Morgan fingerprint density at radius 2 is 2.47 bits per heavy atom. The van der Waals surface area contributed by atoms with Crippen molar-refractivity contribution in [1.82, 2.24) is 10.2 Å². The van der Waals surface area contributed by atoms with E-state index >= 15 is 0 Å². The summed E-state index contributed by atoms with van der Waals surface area (Å²) in [5, 5.41) is 11.5. The van der Waals surface area contributed by atoms with E-state index in [1.807, 2.05) is 0 Å². The topological polar surface area (TPSA) is 61.8 Å². The molecule has 1 heterocycles. The number of nitrogens with one attached hydrogen (secondary N) is 1. The number of aliphatic hydroxyl groups excluding tert-OH is 1. The van der Waals surface area contributed by atoms with Crippen molar-refractivity contribution in [2.45, 2.75) is 18.9 Å². The van der Waals surface area contributed by atoms with E-state index in [0.717, 1.165) is 26.1 Å². The lowest BCUT2D eigenvalue weighted by atomic mass is 10.2. The Bertz CT molecular complexity index is 199. The maximum Gasteiger partial charge on any atom is 0.219 e. The van der Waals surface area contributed by atoms with Crippen LogP contribution in [0.4, 0.5) is 0 Å². The molecule has 1 aliphatic heterocycles. The second kappa shape index (κ2) is 6.76.